The Labute approximate surface area is 131 Å². The molecular formula is C15H17BrN2O3. The summed E-state index contributed by atoms with van der Waals surface area (Å²) >= 11 is 3.50. The molecule has 1 aromatic heterocycles. The van der Waals surface area contributed by atoms with E-state index < -0.39 is 5.97 Å². The van der Waals surface area contributed by atoms with E-state index in [-0.39, 0.29) is 5.56 Å². The molecule has 0 saturated carbocycles. The molecule has 0 spiro atoms. The summed E-state index contributed by atoms with van der Waals surface area (Å²) in [5, 5.41) is 13.3. The van der Waals surface area contributed by atoms with Crippen molar-refractivity contribution in [2.24, 2.45) is 0 Å². The molecular weight excluding hydrogens is 336 g/mol. The molecule has 0 fully saturated rings. The van der Waals surface area contributed by atoms with Gasteiger partial charge in [0.2, 0.25) is 0 Å². The molecule has 0 saturated heterocycles. The summed E-state index contributed by atoms with van der Waals surface area (Å²) in [6.07, 6.45) is 0.797. The Morgan fingerprint density at radius 2 is 2.19 bits per heavy atom. The molecule has 0 bridgehead atoms. The smallest absolute Gasteiger partial charge is 0.335 e. The van der Waals surface area contributed by atoms with Crippen molar-refractivity contribution < 1.29 is 14.6 Å². The Bertz CT molecular complexity index is 652. The molecule has 0 aliphatic rings. The molecule has 0 radical (unpaired) electrons. The van der Waals surface area contributed by atoms with Gasteiger partial charge < -0.3 is 9.84 Å². The maximum atomic E-state index is 10.9. The molecule has 2 rings (SSSR count). The second kappa shape index (κ2) is 6.76. The van der Waals surface area contributed by atoms with Gasteiger partial charge in [-0.1, -0.05) is 6.07 Å². The van der Waals surface area contributed by atoms with Crippen LogP contribution >= 0.6 is 15.9 Å². The number of rotatable bonds is 6. The minimum absolute atomic E-state index is 0.231. The van der Waals surface area contributed by atoms with Gasteiger partial charge in [-0.15, -0.1) is 0 Å². The third-order valence-electron chi connectivity index (χ3n) is 3.16. The van der Waals surface area contributed by atoms with E-state index in [1.165, 1.54) is 6.07 Å². The molecule has 1 aromatic carbocycles. The summed E-state index contributed by atoms with van der Waals surface area (Å²) in [5.74, 6) is -0.377. The van der Waals surface area contributed by atoms with Gasteiger partial charge in [0.15, 0.2) is 0 Å². The lowest BCUT2D eigenvalue weighted by Crippen LogP contribution is -2.07. The number of carboxylic acids is 1. The number of hydrogen-bond donors (Lipinski definition) is 1. The van der Waals surface area contributed by atoms with Crippen molar-refractivity contribution in [3.05, 3.63) is 45.7 Å². The first-order chi connectivity index (χ1) is 9.99. The van der Waals surface area contributed by atoms with Crippen LogP contribution in [-0.4, -0.2) is 27.5 Å². The van der Waals surface area contributed by atoms with Crippen LogP contribution in [0.15, 0.2) is 28.7 Å². The van der Waals surface area contributed by atoms with Crippen molar-refractivity contribution in [3.8, 4) is 5.75 Å². The average molecular weight is 353 g/mol. The van der Waals surface area contributed by atoms with Gasteiger partial charge in [0.25, 0.3) is 0 Å². The SMILES string of the molecule is Cc1nn(CCCOc2cccc(C(=O)O)c2)c(C)c1Br. The number of nitrogens with zero attached hydrogens (tertiary/aromatic N) is 2. The van der Waals surface area contributed by atoms with E-state index in [9.17, 15) is 4.79 Å². The minimum atomic E-state index is -0.951. The highest BCUT2D eigenvalue weighted by Gasteiger charge is 2.08. The summed E-state index contributed by atoms with van der Waals surface area (Å²) in [4.78, 5) is 10.9. The molecule has 0 amide bonds. The molecule has 1 heterocycles. The third-order valence-corrected chi connectivity index (χ3v) is 4.30. The van der Waals surface area contributed by atoms with Crippen LogP contribution in [0, 0.1) is 13.8 Å². The molecule has 0 aliphatic heterocycles. The number of halogens is 1. The van der Waals surface area contributed by atoms with Crippen LogP contribution in [0.3, 0.4) is 0 Å². The first-order valence-electron chi connectivity index (χ1n) is 6.64. The zero-order valence-electron chi connectivity index (χ0n) is 12.0. The van der Waals surface area contributed by atoms with Gasteiger partial charge >= 0.3 is 5.97 Å². The largest absolute Gasteiger partial charge is 0.494 e. The number of aromatic carboxylic acids is 1. The standard InChI is InChI=1S/C15H17BrN2O3/c1-10-14(16)11(2)18(17-10)7-4-8-21-13-6-3-5-12(9-13)15(19)20/h3,5-6,9H,4,7-8H2,1-2H3,(H,19,20). The van der Waals surface area contributed by atoms with Crippen molar-refractivity contribution in [1.82, 2.24) is 9.78 Å². The molecule has 0 unspecified atom stereocenters. The highest BCUT2D eigenvalue weighted by atomic mass is 79.9. The lowest BCUT2D eigenvalue weighted by molar-refractivity contribution is 0.0696. The Morgan fingerprint density at radius 3 is 2.81 bits per heavy atom. The number of benzene rings is 1. The van der Waals surface area contributed by atoms with Crippen LogP contribution in [0.4, 0.5) is 0 Å². The van der Waals surface area contributed by atoms with Crippen molar-refractivity contribution in [3.63, 3.8) is 0 Å². The fourth-order valence-electron chi connectivity index (χ4n) is 2.02. The molecule has 1 N–H and O–H groups in total. The Morgan fingerprint density at radius 1 is 1.43 bits per heavy atom. The maximum Gasteiger partial charge on any atom is 0.335 e. The highest BCUT2D eigenvalue weighted by molar-refractivity contribution is 9.10. The van der Waals surface area contributed by atoms with Gasteiger partial charge in [0.05, 0.1) is 22.3 Å². The van der Waals surface area contributed by atoms with Crippen LogP contribution in [0.2, 0.25) is 0 Å². The minimum Gasteiger partial charge on any atom is -0.494 e. The van der Waals surface area contributed by atoms with Crippen LogP contribution in [0.5, 0.6) is 5.75 Å². The van der Waals surface area contributed by atoms with Crippen molar-refractivity contribution >= 4 is 21.9 Å². The zero-order chi connectivity index (χ0) is 15.4. The molecule has 0 atom stereocenters. The Kier molecular flexibility index (Phi) is 5.01. The lowest BCUT2D eigenvalue weighted by atomic mass is 10.2. The fraction of sp³-hybridized carbons (Fsp3) is 0.333. The average Bonchev–Trinajstić information content (AvgIpc) is 2.71. The Balaban J connectivity index is 1.86. The first kappa shape index (κ1) is 15.6. The second-order valence-corrected chi connectivity index (χ2v) is 5.54. The van der Waals surface area contributed by atoms with E-state index >= 15 is 0 Å². The topological polar surface area (TPSA) is 64.4 Å². The zero-order valence-corrected chi connectivity index (χ0v) is 13.6. The van der Waals surface area contributed by atoms with E-state index in [0.29, 0.717) is 12.4 Å². The highest BCUT2D eigenvalue weighted by Crippen LogP contribution is 2.20. The van der Waals surface area contributed by atoms with Crippen molar-refractivity contribution in [1.29, 1.82) is 0 Å². The summed E-state index contributed by atoms with van der Waals surface area (Å²) < 4.78 is 8.56. The van der Waals surface area contributed by atoms with Gasteiger partial charge in [-0.2, -0.15) is 5.10 Å². The summed E-state index contributed by atoms with van der Waals surface area (Å²) in [5.41, 5.74) is 2.30. The second-order valence-electron chi connectivity index (χ2n) is 4.74. The van der Waals surface area contributed by atoms with E-state index in [1.54, 1.807) is 18.2 Å². The van der Waals surface area contributed by atoms with E-state index in [4.69, 9.17) is 9.84 Å². The third kappa shape index (κ3) is 3.85. The summed E-state index contributed by atoms with van der Waals surface area (Å²) in [7, 11) is 0. The van der Waals surface area contributed by atoms with Crippen LogP contribution in [-0.2, 0) is 6.54 Å². The van der Waals surface area contributed by atoms with Gasteiger partial charge in [0, 0.05) is 18.7 Å². The van der Waals surface area contributed by atoms with Crippen LogP contribution < -0.4 is 4.74 Å². The van der Waals surface area contributed by atoms with Crippen molar-refractivity contribution in [2.45, 2.75) is 26.8 Å². The first-order valence-corrected chi connectivity index (χ1v) is 7.44. The number of aryl methyl sites for hydroxylation is 2. The molecule has 2 aromatic rings. The van der Waals surface area contributed by atoms with E-state index in [2.05, 4.69) is 21.0 Å². The molecule has 5 nitrogen and oxygen atoms in total. The van der Waals surface area contributed by atoms with Crippen LogP contribution in [0.25, 0.3) is 0 Å². The normalized spacial score (nSPS) is 10.6. The van der Waals surface area contributed by atoms with E-state index in [0.717, 1.165) is 28.8 Å². The summed E-state index contributed by atoms with van der Waals surface area (Å²) in [6.45, 7) is 5.25. The summed E-state index contributed by atoms with van der Waals surface area (Å²) in [6, 6.07) is 6.51. The predicted molar refractivity (Wildman–Crippen MR) is 82.9 cm³/mol. The molecule has 6 heteroatoms. The molecule has 21 heavy (non-hydrogen) atoms. The number of hydrogen-bond acceptors (Lipinski definition) is 3. The van der Waals surface area contributed by atoms with Gasteiger partial charge in [-0.05, 0) is 48.0 Å². The Hall–Kier alpha value is -1.82. The number of aromatic nitrogens is 2. The lowest BCUT2D eigenvalue weighted by Gasteiger charge is -2.08. The number of carbonyl (C=O) groups is 1. The quantitative estimate of drug-likeness (QED) is 0.808. The predicted octanol–water partition coefficient (Wildman–Crippen LogP) is 3.43. The molecule has 0 aliphatic carbocycles. The number of ether oxygens (including phenoxy) is 1. The van der Waals surface area contributed by atoms with Gasteiger partial charge in [-0.3, -0.25) is 4.68 Å². The number of carboxylic acid groups (broad SMARTS) is 1. The fourth-order valence-corrected chi connectivity index (χ4v) is 2.30. The van der Waals surface area contributed by atoms with E-state index in [1.807, 2.05) is 18.5 Å². The van der Waals surface area contributed by atoms with Crippen molar-refractivity contribution in [2.75, 3.05) is 6.61 Å². The maximum absolute atomic E-state index is 10.9. The monoisotopic (exact) mass is 352 g/mol. The van der Waals surface area contributed by atoms with Gasteiger partial charge in [0.1, 0.15) is 5.75 Å². The van der Waals surface area contributed by atoms with Crippen LogP contribution in [0.1, 0.15) is 28.2 Å². The molecule has 112 valence electrons. The van der Waals surface area contributed by atoms with Gasteiger partial charge in [-0.25, -0.2) is 4.79 Å².